The number of hydrogen-bond donors (Lipinski definition) is 1. The molecule has 0 aromatic heterocycles. The Kier molecular flexibility index (Phi) is 6.54. The maximum atomic E-state index is 12.8. The summed E-state index contributed by atoms with van der Waals surface area (Å²) in [6, 6.07) is 22.9. The second-order valence-electron chi connectivity index (χ2n) is 8.87. The monoisotopic (exact) mass is 463 g/mol. The molecule has 33 heavy (non-hydrogen) atoms. The third-order valence-corrected chi connectivity index (χ3v) is 6.97. The molecule has 1 atom stereocenters. The van der Waals surface area contributed by atoms with E-state index in [1.807, 2.05) is 68.7 Å². The van der Waals surface area contributed by atoms with Gasteiger partial charge >= 0.3 is 0 Å². The van der Waals surface area contributed by atoms with Crippen molar-refractivity contribution in [2.75, 3.05) is 43.1 Å². The normalized spacial score (nSPS) is 15.9. The first-order valence-corrected chi connectivity index (χ1v) is 12.8. The Hall–Kier alpha value is -3.16. The number of benzene rings is 3. The van der Waals surface area contributed by atoms with Crippen LogP contribution in [0.1, 0.15) is 15.9 Å². The molecule has 3 aromatic rings. The van der Waals surface area contributed by atoms with Crippen molar-refractivity contribution < 1.29 is 13.2 Å². The Morgan fingerprint density at radius 1 is 1.00 bits per heavy atom. The molecule has 1 aliphatic rings. The van der Waals surface area contributed by atoms with Crippen molar-refractivity contribution >= 4 is 27.3 Å². The Morgan fingerprint density at radius 3 is 2.30 bits per heavy atom. The average Bonchev–Trinajstić information content (AvgIpc) is 2.78. The highest BCUT2D eigenvalue weighted by atomic mass is 32.2. The van der Waals surface area contributed by atoms with Crippen molar-refractivity contribution in [1.29, 1.82) is 0 Å². The van der Waals surface area contributed by atoms with Crippen LogP contribution in [0, 0.1) is 5.92 Å². The van der Waals surface area contributed by atoms with Gasteiger partial charge in [-0.15, -0.1) is 0 Å². The minimum Gasteiger partial charge on any atom is -0.322 e. The van der Waals surface area contributed by atoms with Crippen LogP contribution in [0.2, 0.25) is 0 Å². The highest BCUT2D eigenvalue weighted by Gasteiger charge is 2.30. The Labute approximate surface area is 195 Å². The molecule has 0 bridgehead atoms. The molecule has 1 unspecified atom stereocenters. The number of carbonyl (C=O) groups is 1. The van der Waals surface area contributed by atoms with Crippen LogP contribution < -0.4 is 9.62 Å². The Balaban J connectivity index is 1.54. The quantitative estimate of drug-likeness (QED) is 0.597. The summed E-state index contributed by atoms with van der Waals surface area (Å²) in [5.74, 6) is -0.0208. The zero-order valence-electron chi connectivity index (χ0n) is 19.2. The predicted molar refractivity (Wildman–Crippen MR) is 134 cm³/mol. The van der Waals surface area contributed by atoms with Crippen molar-refractivity contribution in [1.82, 2.24) is 4.90 Å². The third kappa shape index (κ3) is 5.43. The molecule has 0 saturated carbocycles. The van der Waals surface area contributed by atoms with Crippen molar-refractivity contribution in [2.24, 2.45) is 5.92 Å². The van der Waals surface area contributed by atoms with Crippen LogP contribution in [0.15, 0.2) is 72.8 Å². The molecule has 1 aliphatic heterocycles. The molecule has 4 rings (SSSR count). The van der Waals surface area contributed by atoms with E-state index in [9.17, 15) is 13.2 Å². The molecule has 1 heterocycles. The first kappa shape index (κ1) is 23.0. The van der Waals surface area contributed by atoms with E-state index in [4.69, 9.17) is 0 Å². The highest BCUT2D eigenvalue weighted by molar-refractivity contribution is 7.92. The van der Waals surface area contributed by atoms with E-state index >= 15 is 0 Å². The number of nitrogens with one attached hydrogen (secondary N) is 1. The molecule has 6 nitrogen and oxygen atoms in total. The number of carbonyl (C=O) groups excluding carboxylic acids is 1. The molecular weight excluding hydrogens is 434 g/mol. The maximum absolute atomic E-state index is 12.8. The van der Waals surface area contributed by atoms with Gasteiger partial charge in [-0.3, -0.25) is 9.10 Å². The van der Waals surface area contributed by atoms with Gasteiger partial charge in [0, 0.05) is 24.3 Å². The summed E-state index contributed by atoms with van der Waals surface area (Å²) in [5.41, 5.74) is 4.86. The van der Waals surface area contributed by atoms with Crippen LogP contribution in [0.4, 0.5) is 11.4 Å². The molecule has 172 valence electrons. The topological polar surface area (TPSA) is 69.7 Å². The van der Waals surface area contributed by atoms with Gasteiger partial charge in [0.25, 0.3) is 5.91 Å². The largest absolute Gasteiger partial charge is 0.322 e. The lowest BCUT2D eigenvalue weighted by atomic mass is 9.93. The molecule has 1 N–H and O–H groups in total. The van der Waals surface area contributed by atoms with Gasteiger partial charge in [-0.05, 0) is 67.4 Å². The third-order valence-electron chi connectivity index (χ3n) is 5.82. The summed E-state index contributed by atoms with van der Waals surface area (Å²) >= 11 is 0. The zero-order valence-corrected chi connectivity index (χ0v) is 20.0. The highest BCUT2D eigenvalue weighted by Crippen LogP contribution is 2.34. The number of rotatable bonds is 6. The summed E-state index contributed by atoms with van der Waals surface area (Å²) in [7, 11) is 0.548. The number of anilines is 2. The van der Waals surface area contributed by atoms with E-state index in [1.165, 1.54) is 10.6 Å². The van der Waals surface area contributed by atoms with E-state index in [2.05, 4.69) is 10.2 Å². The fourth-order valence-corrected chi connectivity index (χ4v) is 5.36. The SMILES string of the molecule is CN(C)CC1Cc2ccc(NC(=O)c3ccc(-c4ccccc4)cc3)cc2N(S(C)(=O)=O)C1. The van der Waals surface area contributed by atoms with Gasteiger partial charge in [0.05, 0.1) is 11.9 Å². The summed E-state index contributed by atoms with van der Waals surface area (Å²) in [6.07, 6.45) is 2.03. The number of hydrogen-bond acceptors (Lipinski definition) is 4. The molecule has 0 spiro atoms. The number of fused-ring (bicyclic) bond motifs is 1. The van der Waals surface area contributed by atoms with E-state index in [0.29, 0.717) is 23.5 Å². The molecule has 7 heteroatoms. The zero-order chi connectivity index (χ0) is 23.6. The minimum atomic E-state index is -3.43. The van der Waals surface area contributed by atoms with E-state index in [0.717, 1.165) is 29.7 Å². The van der Waals surface area contributed by atoms with Crippen LogP contribution in [0.25, 0.3) is 11.1 Å². The van der Waals surface area contributed by atoms with Crippen LogP contribution >= 0.6 is 0 Å². The summed E-state index contributed by atoms with van der Waals surface area (Å²) in [6.45, 7) is 1.24. The Morgan fingerprint density at radius 2 is 1.67 bits per heavy atom. The summed E-state index contributed by atoms with van der Waals surface area (Å²) < 4.78 is 26.5. The van der Waals surface area contributed by atoms with Gasteiger partial charge in [-0.1, -0.05) is 48.5 Å². The molecule has 3 aromatic carbocycles. The van der Waals surface area contributed by atoms with Gasteiger partial charge in [0.2, 0.25) is 10.0 Å². The Bertz CT molecular complexity index is 1240. The standard InChI is InChI=1S/C26H29N3O3S/c1-28(2)17-19-15-23-13-14-24(16-25(23)29(18-19)33(3,31)32)27-26(30)22-11-9-21(10-12-22)20-7-5-4-6-8-20/h4-14,16,19H,15,17-18H2,1-3H3,(H,27,30). The van der Waals surface area contributed by atoms with Crippen molar-refractivity contribution in [2.45, 2.75) is 6.42 Å². The van der Waals surface area contributed by atoms with Gasteiger partial charge in [-0.2, -0.15) is 0 Å². The lowest BCUT2D eigenvalue weighted by Gasteiger charge is -2.35. The van der Waals surface area contributed by atoms with Crippen LogP contribution in [-0.4, -0.2) is 52.7 Å². The first-order chi connectivity index (χ1) is 15.7. The lowest BCUT2D eigenvalue weighted by Crippen LogP contribution is -2.42. The van der Waals surface area contributed by atoms with Gasteiger partial charge in [0.15, 0.2) is 0 Å². The first-order valence-electron chi connectivity index (χ1n) is 10.9. The smallest absolute Gasteiger partial charge is 0.255 e. The fourth-order valence-electron chi connectivity index (χ4n) is 4.36. The molecule has 0 fully saturated rings. The van der Waals surface area contributed by atoms with Crippen LogP contribution in [0.5, 0.6) is 0 Å². The molecular formula is C26H29N3O3S. The van der Waals surface area contributed by atoms with Gasteiger partial charge in [0.1, 0.15) is 0 Å². The van der Waals surface area contributed by atoms with E-state index in [-0.39, 0.29) is 11.8 Å². The fraction of sp³-hybridized carbons (Fsp3) is 0.269. The van der Waals surface area contributed by atoms with Crippen LogP contribution in [-0.2, 0) is 16.4 Å². The van der Waals surface area contributed by atoms with E-state index < -0.39 is 10.0 Å². The molecule has 0 aliphatic carbocycles. The average molecular weight is 464 g/mol. The van der Waals surface area contributed by atoms with Crippen LogP contribution in [0.3, 0.4) is 0 Å². The molecule has 0 radical (unpaired) electrons. The lowest BCUT2D eigenvalue weighted by molar-refractivity contribution is 0.102. The minimum absolute atomic E-state index is 0.214. The second kappa shape index (κ2) is 9.37. The van der Waals surface area contributed by atoms with Crippen molar-refractivity contribution in [3.63, 3.8) is 0 Å². The van der Waals surface area contributed by atoms with Crippen molar-refractivity contribution in [3.8, 4) is 11.1 Å². The second-order valence-corrected chi connectivity index (χ2v) is 10.8. The van der Waals surface area contributed by atoms with Crippen molar-refractivity contribution in [3.05, 3.63) is 83.9 Å². The van der Waals surface area contributed by atoms with Gasteiger partial charge in [-0.25, -0.2) is 8.42 Å². The number of sulfonamides is 1. The molecule has 1 amide bonds. The van der Waals surface area contributed by atoms with Gasteiger partial charge < -0.3 is 10.2 Å². The number of amides is 1. The predicted octanol–water partition coefficient (Wildman–Crippen LogP) is 4.11. The van der Waals surface area contributed by atoms with E-state index in [1.54, 1.807) is 18.2 Å². The number of nitrogens with zero attached hydrogens (tertiary/aromatic N) is 2. The molecule has 0 saturated heterocycles. The maximum Gasteiger partial charge on any atom is 0.255 e. The summed E-state index contributed by atoms with van der Waals surface area (Å²) in [5, 5.41) is 2.91. The summed E-state index contributed by atoms with van der Waals surface area (Å²) in [4.78, 5) is 14.9.